The monoisotopic (exact) mass is 327 g/mol. The molecule has 1 aromatic heterocycles. The zero-order valence-electron chi connectivity index (χ0n) is 14.4. The second kappa shape index (κ2) is 7.51. The van der Waals surface area contributed by atoms with Crippen LogP contribution < -0.4 is 10.6 Å². The summed E-state index contributed by atoms with van der Waals surface area (Å²) in [6.45, 7) is 4.49. The van der Waals surface area contributed by atoms with Gasteiger partial charge in [-0.1, -0.05) is 24.4 Å². The molecule has 0 saturated heterocycles. The highest BCUT2D eigenvalue weighted by Gasteiger charge is 2.17. The van der Waals surface area contributed by atoms with Crippen LogP contribution in [0.4, 0.5) is 5.69 Å². The number of rotatable bonds is 5. The van der Waals surface area contributed by atoms with E-state index in [2.05, 4.69) is 15.8 Å². The van der Waals surface area contributed by atoms with Gasteiger partial charge in [-0.3, -0.25) is 4.79 Å². The van der Waals surface area contributed by atoms with Crippen LogP contribution in [0, 0.1) is 13.8 Å². The Labute approximate surface area is 142 Å². The predicted octanol–water partition coefficient (Wildman–Crippen LogP) is 3.97. The molecule has 1 aliphatic carbocycles. The van der Waals surface area contributed by atoms with Gasteiger partial charge in [0.05, 0.1) is 6.54 Å². The van der Waals surface area contributed by atoms with Crippen LogP contribution in [0.2, 0.25) is 0 Å². The van der Waals surface area contributed by atoms with Gasteiger partial charge in [0.15, 0.2) is 0 Å². The quantitative estimate of drug-likeness (QED) is 0.872. The third-order valence-electron chi connectivity index (χ3n) is 4.57. The minimum atomic E-state index is 0.0312. The largest absolute Gasteiger partial charge is 0.379 e. The lowest BCUT2D eigenvalue weighted by Crippen LogP contribution is -2.36. The maximum absolute atomic E-state index is 12.4. The molecular formula is C19H25N3O2. The van der Waals surface area contributed by atoms with Gasteiger partial charge in [-0.2, -0.15) is 0 Å². The van der Waals surface area contributed by atoms with Crippen molar-refractivity contribution in [1.82, 2.24) is 10.5 Å². The summed E-state index contributed by atoms with van der Waals surface area (Å²) < 4.78 is 5.06. The van der Waals surface area contributed by atoms with Crippen molar-refractivity contribution < 1.29 is 9.32 Å². The Morgan fingerprint density at radius 1 is 1.21 bits per heavy atom. The highest BCUT2D eigenvalue weighted by atomic mass is 16.5. The summed E-state index contributed by atoms with van der Waals surface area (Å²) in [5.74, 6) is 0.835. The van der Waals surface area contributed by atoms with Gasteiger partial charge in [0, 0.05) is 23.4 Å². The Balaban J connectivity index is 1.59. The Morgan fingerprint density at radius 3 is 2.67 bits per heavy atom. The van der Waals surface area contributed by atoms with E-state index in [-0.39, 0.29) is 5.91 Å². The Hall–Kier alpha value is -2.30. The summed E-state index contributed by atoms with van der Waals surface area (Å²) in [5.41, 5.74) is 3.64. The minimum absolute atomic E-state index is 0.0312. The number of carbonyl (C=O) groups excluding carboxylic acids is 1. The zero-order chi connectivity index (χ0) is 16.9. The Morgan fingerprint density at radius 2 is 2.00 bits per heavy atom. The molecule has 0 spiro atoms. The maximum Gasteiger partial charge on any atom is 0.251 e. The van der Waals surface area contributed by atoms with E-state index in [1.807, 2.05) is 38.1 Å². The number of nitrogens with one attached hydrogen (secondary N) is 2. The summed E-state index contributed by atoms with van der Waals surface area (Å²) in [5, 5.41) is 10.5. The van der Waals surface area contributed by atoms with Gasteiger partial charge in [0.2, 0.25) is 0 Å². The Kier molecular flexibility index (Phi) is 5.18. The lowest BCUT2D eigenvalue weighted by atomic mass is 9.95. The standard InChI is InChI=1S/C19H25N3O2/c1-13-10-15(19(23)21-16-6-4-3-5-7-16)8-9-18(13)20-12-17-11-14(2)24-22-17/h8-11,16,20H,3-7,12H2,1-2H3,(H,21,23). The van der Waals surface area contributed by atoms with Crippen LogP contribution in [-0.4, -0.2) is 17.1 Å². The Bertz CT molecular complexity index is 702. The molecule has 1 saturated carbocycles. The second-order valence-electron chi connectivity index (χ2n) is 6.62. The molecule has 1 heterocycles. The van der Waals surface area contributed by atoms with E-state index < -0.39 is 0 Å². The first-order valence-corrected chi connectivity index (χ1v) is 8.69. The third kappa shape index (κ3) is 4.16. The summed E-state index contributed by atoms with van der Waals surface area (Å²) in [7, 11) is 0. The zero-order valence-corrected chi connectivity index (χ0v) is 14.4. The van der Waals surface area contributed by atoms with Gasteiger partial charge < -0.3 is 15.2 Å². The molecule has 0 aliphatic heterocycles. The van der Waals surface area contributed by atoms with Crippen LogP contribution in [0.1, 0.15) is 59.5 Å². The van der Waals surface area contributed by atoms with E-state index in [0.29, 0.717) is 12.6 Å². The first-order valence-electron chi connectivity index (χ1n) is 8.69. The summed E-state index contributed by atoms with van der Waals surface area (Å²) in [6.07, 6.45) is 5.92. The van der Waals surface area contributed by atoms with E-state index in [1.54, 1.807) is 0 Å². The van der Waals surface area contributed by atoms with E-state index in [4.69, 9.17) is 4.52 Å². The summed E-state index contributed by atoms with van der Waals surface area (Å²) in [4.78, 5) is 12.4. The number of hydrogen-bond acceptors (Lipinski definition) is 4. The number of nitrogens with zero attached hydrogens (tertiary/aromatic N) is 1. The number of carbonyl (C=O) groups is 1. The van der Waals surface area contributed by atoms with Crippen LogP contribution >= 0.6 is 0 Å². The van der Waals surface area contributed by atoms with Gasteiger partial charge in [-0.05, 0) is 50.5 Å². The lowest BCUT2D eigenvalue weighted by molar-refractivity contribution is 0.0927. The van der Waals surface area contributed by atoms with Gasteiger partial charge >= 0.3 is 0 Å². The first-order chi connectivity index (χ1) is 11.6. The molecule has 128 valence electrons. The lowest BCUT2D eigenvalue weighted by Gasteiger charge is -2.23. The highest BCUT2D eigenvalue weighted by molar-refractivity contribution is 5.95. The molecule has 0 bridgehead atoms. The summed E-state index contributed by atoms with van der Waals surface area (Å²) in [6, 6.07) is 8.02. The molecule has 0 unspecified atom stereocenters. The normalized spacial score (nSPS) is 15.2. The third-order valence-corrected chi connectivity index (χ3v) is 4.57. The molecule has 5 nitrogen and oxygen atoms in total. The molecule has 2 aromatic rings. The van der Waals surface area contributed by atoms with Crippen LogP contribution in [0.5, 0.6) is 0 Å². The van der Waals surface area contributed by atoms with Crippen LogP contribution in [-0.2, 0) is 6.54 Å². The van der Waals surface area contributed by atoms with Crippen molar-refractivity contribution in [1.29, 1.82) is 0 Å². The molecule has 1 amide bonds. The molecule has 24 heavy (non-hydrogen) atoms. The number of anilines is 1. The van der Waals surface area contributed by atoms with E-state index in [9.17, 15) is 4.79 Å². The van der Waals surface area contributed by atoms with Gasteiger partial charge in [0.1, 0.15) is 11.5 Å². The molecule has 0 atom stereocenters. The summed E-state index contributed by atoms with van der Waals surface area (Å²) >= 11 is 0. The van der Waals surface area contributed by atoms with Crippen molar-refractivity contribution in [2.45, 2.75) is 58.5 Å². The molecule has 0 radical (unpaired) electrons. The van der Waals surface area contributed by atoms with Crippen molar-refractivity contribution in [2.24, 2.45) is 0 Å². The number of hydrogen-bond donors (Lipinski definition) is 2. The SMILES string of the molecule is Cc1cc(CNc2ccc(C(=O)NC3CCCCC3)cc2C)no1. The molecule has 1 aromatic carbocycles. The van der Waals surface area contributed by atoms with Crippen molar-refractivity contribution in [2.75, 3.05) is 5.32 Å². The van der Waals surface area contributed by atoms with Crippen molar-refractivity contribution in [3.05, 3.63) is 46.8 Å². The van der Waals surface area contributed by atoms with Crippen LogP contribution in [0.25, 0.3) is 0 Å². The second-order valence-corrected chi connectivity index (χ2v) is 6.62. The fourth-order valence-corrected chi connectivity index (χ4v) is 3.21. The van der Waals surface area contributed by atoms with Gasteiger partial charge in [-0.15, -0.1) is 0 Å². The fourth-order valence-electron chi connectivity index (χ4n) is 3.21. The van der Waals surface area contributed by atoms with Crippen LogP contribution in [0.3, 0.4) is 0 Å². The van der Waals surface area contributed by atoms with Gasteiger partial charge in [0.25, 0.3) is 5.91 Å². The predicted molar refractivity (Wildman–Crippen MR) is 94.1 cm³/mol. The minimum Gasteiger partial charge on any atom is -0.379 e. The van der Waals surface area contributed by atoms with E-state index >= 15 is 0 Å². The number of amides is 1. The van der Waals surface area contributed by atoms with E-state index in [1.165, 1.54) is 19.3 Å². The smallest absolute Gasteiger partial charge is 0.251 e. The highest BCUT2D eigenvalue weighted by Crippen LogP contribution is 2.20. The van der Waals surface area contributed by atoms with Crippen molar-refractivity contribution in [3.8, 4) is 0 Å². The maximum atomic E-state index is 12.4. The number of aromatic nitrogens is 1. The fraction of sp³-hybridized carbons (Fsp3) is 0.474. The molecule has 1 aliphatic rings. The molecule has 1 fully saturated rings. The molecule has 3 rings (SSSR count). The molecule has 2 N–H and O–H groups in total. The number of benzene rings is 1. The average Bonchev–Trinajstić information content (AvgIpc) is 3.00. The van der Waals surface area contributed by atoms with Crippen LogP contribution in [0.15, 0.2) is 28.8 Å². The molecular weight excluding hydrogens is 302 g/mol. The number of aryl methyl sites for hydroxylation is 2. The van der Waals surface area contributed by atoms with Gasteiger partial charge in [-0.25, -0.2) is 0 Å². The van der Waals surface area contributed by atoms with Crippen molar-refractivity contribution >= 4 is 11.6 Å². The first kappa shape index (κ1) is 16.6. The van der Waals surface area contributed by atoms with Crippen molar-refractivity contribution in [3.63, 3.8) is 0 Å². The van der Waals surface area contributed by atoms with E-state index in [0.717, 1.165) is 41.1 Å². The average molecular weight is 327 g/mol. The molecule has 5 heteroatoms. The topological polar surface area (TPSA) is 67.2 Å².